The van der Waals surface area contributed by atoms with Crippen molar-refractivity contribution in [2.24, 2.45) is 0 Å². The Morgan fingerprint density at radius 2 is 2.14 bits per heavy atom. The number of hydrogen-bond donors (Lipinski definition) is 1. The number of rotatable bonds is 3. The molecule has 0 bridgehead atoms. The molecule has 0 spiro atoms. The predicted molar refractivity (Wildman–Crippen MR) is 85.0 cm³/mol. The number of urea groups is 1. The molecule has 2 amide bonds. The first-order valence-electron chi connectivity index (χ1n) is 8.13. The van der Waals surface area contributed by atoms with Crippen LogP contribution in [0, 0.1) is 0 Å². The van der Waals surface area contributed by atoms with Gasteiger partial charge in [0.15, 0.2) is 0 Å². The number of ether oxygens (including phenoxy) is 1. The predicted octanol–water partition coefficient (Wildman–Crippen LogP) is 1.48. The SMILES string of the molecule is O=C(NCC1CCCCO1)N1CCN(c2ccccn2)CC1. The van der Waals surface area contributed by atoms with Crippen molar-refractivity contribution in [2.75, 3.05) is 44.2 Å². The highest BCUT2D eigenvalue weighted by atomic mass is 16.5. The number of carbonyl (C=O) groups excluding carboxylic acids is 1. The molecule has 0 aromatic carbocycles. The molecular formula is C16H24N4O2. The number of anilines is 1. The molecular weight excluding hydrogens is 280 g/mol. The van der Waals surface area contributed by atoms with E-state index in [9.17, 15) is 4.79 Å². The van der Waals surface area contributed by atoms with Crippen molar-refractivity contribution in [3.05, 3.63) is 24.4 Å². The van der Waals surface area contributed by atoms with Crippen LogP contribution in [0.2, 0.25) is 0 Å². The van der Waals surface area contributed by atoms with Gasteiger partial charge in [0.2, 0.25) is 0 Å². The molecule has 1 atom stereocenters. The van der Waals surface area contributed by atoms with Crippen molar-refractivity contribution < 1.29 is 9.53 Å². The lowest BCUT2D eigenvalue weighted by atomic mass is 10.1. The maximum absolute atomic E-state index is 12.2. The Hall–Kier alpha value is -1.82. The summed E-state index contributed by atoms with van der Waals surface area (Å²) in [5, 5.41) is 3.00. The third-order valence-corrected chi connectivity index (χ3v) is 4.30. The monoisotopic (exact) mass is 304 g/mol. The van der Waals surface area contributed by atoms with Gasteiger partial charge in [-0.2, -0.15) is 0 Å². The molecule has 3 rings (SSSR count). The first kappa shape index (κ1) is 15.1. The molecule has 6 heteroatoms. The summed E-state index contributed by atoms with van der Waals surface area (Å²) < 4.78 is 5.64. The second-order valence-electron chi connectivity index (χ2n) is 5.84. The van der Waals surface area contributed by atoms with Crippen LogP contribution in [0.3, 0.4) is 0 Å². The molecule has 6 nitrogen and oxygen atoms in total. The molecule has 0 radical (unpaired) electrons. The molecule has 1 aromatic heterocycles. The Balaban J connectivity index is 1.41. The lowest BCUT2D eigenvalue weighted by Gasteiger charge is -2.35. The zero-order chi connectivity index (χ0) is 15.2. The molecule has 0 saturated carbocycles. The van der Waals surface area contributed by atoms with E-state index in [-0.39, 0.29) is 12.1 Å². The average Bonchev–Trinajstić information content (AvgIpc) is 2.61. The first-order valence-corrected chi connectivity index (χ1v) is 8.13. The maximum Gasteiger partial charge on any atom is 0.317 e. The topological polar surface area (TPSA) is 57.7 Å². The van der Waals surface area contributed by atoms with Crippen molar-refractivity contribution in [1.82, 2.24) is 15.2 Å². The quantitative estimate of drug-likeness (QED) is 0.919. The van der Waals surface area contributed by atoms with Crippen LogP contribution < -0.4 is 10.2 Å². The van der Waals surface area contributed by atoms with Crippen molar-refractivity contribution in [3.63, 3.8) is 0 Å². The summed E-state index contributed by atoms with van der Waals surface area (Å²) in [6.45, 7) is 4.55. The summed E-state index contributed by atoms with van der Waals surface area (Å²) in [6.07, 6.45) is 5.38. The molecule has 2 fully saturated rings. The standard InChI is InChI=1S/C16H24N4O2/c21-16(18-13-14-5-2-4-12-22-14)20-10-8-19(9-11-20)15-6-1-3-7-17-15/h1,3,6-7,14H,2,4-5,8-13H2,(H,18,21). The van der Waals surface area contributed by atoms with Crippen LogP contribution >= 0.6 is 0 Å². The number of carbonyl (C=O) groups is 1. The van der Waals surface area contributed by atoms with E-state index in [2.05, 4.69) is 15.2 Å². The molecule has 120 valence electrons. The lowest BCUT2D eigenvalue weighted by Crippen LogP contribution is -2.53. The normalized spacial score (nSPS) is 22.5. The number of nitrogens with one attached hydrogen (secondary N) is 1. The summed E-state index contributed by atoms with van der Waals surface area (Å²) in [5.74, 6) is 0.984. The van der Waals surface area contributed by atoms with Crippen LogP contribution in [0.4, 0.5) is 10.6 Å². The molecule has 2 aliphatic heterocycles. The molecule has 1 unspecified atom stereocenters. The molecule has 2 aliphatic rings. The largest absolute Gasteiger partial charge is 0.376 e. The third kappa shape index (κ3) is 3.88. The maximum atomic E-state index is 12.2. The summed E-state index contributed by atoms with van der Waals surface area (Å²) in [4.78, 5) is 20.7. The summed E-state index contributed by atoms with van der Waals surface area (Å²) >= 11 is 0. The summed E-state index contributed by atoms with van der Waals surface area (Å²) in [7, 11) is 0. The molecule has 22 heavy (non-hydrogen) atoms. The van der Waals surface area contributed by atoms with Gasteiger partial charge in [0.25, 0.3) is 0 Å². The van der Waals surface area contributed by atoms with E-state index in [4.69, 9.17) is 4.74 Å². The van der Waals surface area contributed by atoms with Gasteiger partial charge in [-0.25, -0.2) is 9.78 Å². The van der Waals surface area contributed by atoms with Crippen LogP contribution in [0.5, 0.6) is 0 Å². The molecule has 1 N–H and O–H groups in total. The van der Waals surface area contributed by atoms with Crippen LogP contribution in [0.1, 0.15) is 19.3 Å². The van der Waals surface area contributed by atoms with E-state index in [1.54, 1.807) is 6.20 Å². The van der Waals surface area contributed by atoms with Gasteiger partial charge in [-0.05, 0) is 31.4 Å². The Labute approximate surface area is 131 Å². The minimum Gasteiger partial charge on any atom is -0.376 e. The van der Waals surface area contributed by atoms with Gasteiger partial charge < -0.3 is 19.9 Å². The number of piperazine rings is 1. The smallest absolute Gasteiger partial charge is 0.317 e. The second-order valence-corrected chi connectivity index (χ2v) is 5.84. The highest BCUT2D eigenvalue weighted by Crippen LogP contribution is 2.13. The fraction of sp³-hybridized carbons (Fsp3) is 0.625. The van der Waals surface area contributed by atoms with Gasteiger partial charge in [0.1, 0.15) is 5.82 Å². The van der Waals surface area contributed by atoms with E-state index in [0.29, 0.717) is 6.54 Å². The number of aromatic nitrogens is 1. The Morgan fingerprint density at radius 1 is 1.27 bits per heavy atom. The lowest BCUT2D eigenvalue weighted by molar-refractivity contribution is 0.0177. The van der Waals surface area contributed by atoms with E-state index in [0.717, 1.165) is 51.4 Å². The number of amides is 2. The summed E-state index contributed by atoms with van der Waals surface area (Å²) in [5.41, 5.74) is 0. The Bertz CT molecular complexity index is 468. The zero-order valence-electron chi connectivity index (χ0n) is 12.9. The molecule has 2 saturated heterocycles. The molecule has 0 aliphatic carbocycles. The number of pyridine rings is 1. The number of hydrogen-bond acceptors (Lipinski definition) is 4. The average molecular weight is 304 g/mol. The van der Waals surface area contributed by atoms with Crippen molar-refractivity contribution in [2.45, 2.75) is 25.4 Å². The van der Waals surface area contributed by atoms with E-state index in [1.165, 1.54) is 6.42 Å². The van der Waals surface area contributed by atoms with Gasteiger partial charge >= 0.3 is 6.03 Å². The zero-order valence-corrected chi connectivity index (χ0v) is 12.9. The Kier molecular flexibility index (Phi) is 5.11. The van der Waals surface area contributed by atoms with Gasteiger partial charge in [0.05, 0.1) is 6.10 Å². The van der Waals surface area contributed by atoms with Crippen LogP contribution in [-0.2, 0) is 4.74 Å². The fourth-order valence-corrected chi connectivity index (χ4v) is 2.96. The number of nitrogens with zero attached hydrogens (tertiary/aromatic N) is 3. The Morgan fingerprint density at radius 3 is 2.82 bits per heavy atom. The van der Waals surface area contributed by atoms with Gasteiger partial charge in [-0.3, -0.25) is 0 Å². The van der Waals surface area contributed by atoms with Gasteiger partial charge in [0, 0.05) is 45.5 Å². The van der Waals surface area contributed by atoms with E-state index >= 15 is 0 Å². The molecule has 3 heterocycles. The van der Waals surface area contributed by atoms with Gasteiger partial charge in [-0.1, -0.05) is 6.07 Å². The summed E-state index contributed by atoms with van der Waals surface area (Å²) in [6, 6.07) is 5.94. The van der Waals surface area contributed by atoms with E-state index in [1.807, 2.05) is 23.1 Å². The van der Waals surface area contributed by atoms with Crippen LogP contribution in [-0.4, -0.2) is 61.3 Å². The van der Waals surface area contributed by atoms with Crippen molar-refractivity contribution in [3.8, 4) is 0 Å². The van der Waals surface area contributed by atoms with Crippen molar-refractivity contribution in [1.29, 1.82) is 0 Å². The van der Waals surface area contributed by atoms with E-state index < -0.39 is 0 Å². The van der Waals surface area contributed by atoms with Gasteiger partial charge in [-0.15, -0.1) is 0 Å². The second kappa shape index (κ2) is 7.45. The first-order chi connectivity index (χ1) is 10.8. The van der Waals surface area contributed by atoms with Crippen molar-refractivity contribution >= 4 is 11.8 Å². The molecule has 1 aromatic rings. The highest BCUT2D eigenvalue weighted by molar-refractivity contribution is 5.74. The third-order valence-electron chi connectivity index (χ3n) is 4.30. The highest BCUT2D eigenvalue weighted by Gasteiger charge is 2.22. The minimum atomic E-state index is 0.0230. The minimum absolute atomic E-state index is 0.0230. The fourth-order valence-electron chi connectivity index (χ4n) is 2.96. The van der Waals surface area contributed by atoms with Crippen LogP contribution in [0.15, 0.2) is 24.4 Å². The van der Waals surface area contributed by atoms with Crippen LogP contribution in [0.25, 0.3) is 0 Å².